The molecule has 1 aromatic heterocycles. The molecule has 1 aromatic carbocycles. The predicted molar refractivity (Wildman–Crippen MR) is 77.7 cm³/mol. The minimum atomic E-state index is -0.114. The number of carbonyl (C=O) groups is 1. The van der Waals surface area contributed by atoms with Crippen molar-refractivity contribution in [2.24, 2.45) is 0 Å². The average Bonchev–Trinajstić information content (AvgIpc) is 2.48. The molecule has 0 atom stereocenters. The Labute approximate surface area is 116 Å². The minimum absolute atomic E-state index is 0.114. The van der Waals surface area contributed by atoms with Gasteiger partial charge in [0, 0.05) is 23.0 Å². The number of rotatable bonds is 2. The van der Waals surface area contributed by atoms with Gasteiger partial charge in [-0.2, -0.15) is 0 Å². The Morgan fingerprint density at radius 2 is 2.26 bits per heavy atom. The molecule has 0 spiro atoms. The largest absolute Gasteiger partial charge is 0.322 e. The number of aromatic nitrogens is 1. The summed E-state index contributed by atoms with van der Waals surface area (Å²) in [5, 5.41) is 2.92. The molecule has 96 valence electrons. The van der Waals surface area contributed by atoms with Crippen LogP contribution in [-0.2, 0) is 6.42 Å². The molecule has 1 N–H and O–H groups in total. The Kier molecular flexibility index (Phi) is 3.51. The van der Waals surface area contributed by atoms with Gasteiger partial charge in [0.1, 0.15) is 0 Å². The molecule has 0 aliphatic carbocycles. The average molecular weight is 270 g/mol. The van der Waals surface area contributed by atoms with Crippen molar-refractivity contribution in [3.05, 3.63) is 53.9 Å². The Balaban J connectivity index is 1.78. The molecular weight excluding hydrogens is 256 g/mol. The van der Waals surface area contributed by atoms with E-state index in [2.05, 4.69) is 22.4 Å². The monoisotopic (exact) mass is 270 g/mol. The van der Waals surface area contributed by atoms with Crippen LogP contribution in [-0.4, -0.2) is 16.6 Å². The summed E-state index contributed by atoms with van der Waals surface area (Å²) in [6, 6.07) is 9.66. The van der Waals surface area contributed by atoms with Crippen LogP contribution in [0.2, 0.25) is 0 Å². The van der Waals surface area contributed by atoms with Gasteiger partial charge in [-0.1, -0.05) is 0 Å². The van der Waals surface area contributed by atoms with E-state index in [1.54, 1.807) is 24.5 Å². The quantitative estimate of drug-likeness (QED) is 0.909. The summed E-state index contributed by atoms with van der Waals surface area (Å²) in [4.78, 5) is 17.3. The number of anilines is 1. The molecule has 4 heteroatoms. The summed E-state index contributed by atoms with van der Waals surface area (Å²) in [5.74, 6) is 1.07. The van der Waals surface area contributed by atoms with E-state index in [0.29, 0.717) is 5.56 Å². The number of benzene rings is 1. The van der Waals surface area contributed by atoms with Crippen molar-refractivity contribution in [2.75, 3.05) is 11.1 Å². The number of carbonyl (C=O) groups excluding carboxylic acids is 1. The van der Waals surface area contributed by atoms with Crippen LogP contribution < -0.4 is 5.32 Å². The Morgan fingerprint density at radius 3 is 3.11 bits per heavy atom. The molecule has 2 aromatic rings. The third kappa shape index (κ3) is 2.79. The van der Waals surface area contributed by atoms with Crippen molar-refractivity contribution in [1.82, 2.24) is 4.98 Å². The van der Waals surface area contributed by atoms with Crippen molar-refractivity contribution in [3.63, 3.8) is 0 Å². The van der Waals surface area contributed by atoms with E-state index in [0.717, 1.165) is 12.1 Å². The summed E-state index contributed by atoms with van der Waals surface area (Å²) in [5.41, 5.74) is 2.77. The lowest BCUT2D eigenvalue weighted by molar-refractivity contribution is 0.102. The number of thioether (sulfide) groups is 1. The van der Waals surface area contributed by atoms with Gasteiger partial charge in [0.25, 0.3) is 5.91 Å². The zero-order valence-electron chi connectivity index (χ0n) is 10.4. The maximum Gasteiger partial charge on any atom is 0.257 e. The van der Waals surface area contributed by atoms with Gasteiger partial charge >= 0.3 is 0 Å². The van der Waals surface area contributed by atoms with Crippen molar-refractivity contribution >= 4 is 23.4 Å². The van der Waals surface area contributed by atoms with Crippen LogP contribution in [0.15, 0.2) is 47.6 Å². The van der Waals surface area contributed by atoms with Gasteiger partial charge < -0.3 is 5.32 Å². The second kappa shape index (κ2) is 5.45. The summed E-state index contributed by atoms with van der Waals surface area (Å²) in [7, 11) is 0. The Bertz CT molecular complexity index is 598. The fourth-order valence-corrected chi connectivity index (χ4v) is 3.16. The highest BCUT2D eigenvalue weighted by atomic mass is 32.2. The molecule has 2 heterocycles. The first-order valence-corrected chi connectivity index (χ1v) is 7.28. The molecule has 3 nitrogen and oxygen atoms in total. The number of pyridine rings is 1. The van der Waals surface area contributed by atoms with Crippen molar-refractivity contribution < 1.29 is 4.79 Å². The second-order valence-electron chi connectivity index (χ2n) is 4.47. The van der Waals surface area contributed by atoms with E-state index < -0.39 is 0 Å². The minimum Gasteiger partial charge on any atom is -0.322 e. The first-order valence-electron chi connectivity index (χ1n) is 6.30. The van der Waals surface area contributed by atoms with E-state index >= 15 is 0 Å². The highest BCUT2D eigenvalue weighted by Gasteiger charge is 2.11. The lowest BCUT2D eigenvalue weighted by Crippen LogP contribution is -2.12. The van der Waals surface area contributed by atoms with Gasteiger partial charge in [-0.05, 0) is 54.5 Å². The van der Waals surface area contributed by atoms with Gasteiger partial charge in [0.2, 0.25) is 0 Å². The van der Waals surface area contributed by atoms with E-state index in [-0.39, 0.29) is 5.91 Å². The molecule has 1 aliphatic rings. The SMILES string of the molecule is O=C(Nc1ccc2c(c1)CCCS2)c1cccnc1. The van der Waals surface area contributed by atoms with Crippen molar-refractivity contribution in [3.8, 4) is 0 Å². The molecule has 0 bridgehead atoms. The van der Waals surface area contributed by atoms with E-state index in [4.69, 9.17) is 0 Å². The summed E-state index contributed by atoms with van der Waals surface area (Å²) < 4.78 is 0. The number of amides is 1. The first kappa shape index (κ1) is 12.2. The summed E-state index contributed by atoms with van der Waals surface area (Å²) in [6.45, 7) is 0. The molecular formula is C15H14N2OS. The Hall–Kier alpha value is -1.81. The molecule has 0 saturated carbocycles. The third-order valence-corrected chi connectivity index (χ3v) is 4.29. The van der Waals surface area contributed by atoms with Crippen LogP contribution in [0.4, 0.5) is 5.69 Å². The van der Waals surface area contributed by atoms with Gasteiger partial charge in [0.05, 0.1) is 5.56 Å². The second-order valence-corrected chi connectivity index (χ2v) is 5.61. The van der Waals surface area contributed by atoms with Crippen LogP contribution in [0.1, 0.15) is 22.3 Å². The topological polar surface area (TPSA) is 42.0 Å². The van der Waals surface area contributed by atoms with Crippen molar-refractivity contribution in [1.29, 1.82) is 0 Å². The molecule has 1 amide bonds. The van der Waals surface area contributed by atoms with Gasteiger partial charge in [-0.25, -0.2) is 0 Å². The fourth-order valence-electron chi connectivity index (χ4n) is 2.14. The van der Waals surface area contributed by atoms with E-state index in [9.17, 15) is 4.79 Å². The Morgan fingerprint density at radius 1 is 1.32 bits per heavy atom. The zero-order chi connectivity index (χ0) is 13.1. The molecule has 19 heavy (non-hydrogen) atoms. The lowest BCUT2D eigenvalue weighted by Gasteiger charge is -2.16. The van der Waals surface area contributed by atoms with Gasteiger partial charge in [-0.15, -0.1) is 11.8 Å². The van der Waals surface area contributed by atoms with E-state index in [1.165, 1.54) is 22.6 Å². The smallest absolute Gasteiger partial charge is 0.257 e. The van der Waals surface area contributed by atoms with Crippen LogP contribution in [0, 0.1) is 0 Å². The molecule has 1 aliphatic heterocycles. The highest BCUT2D eigenvalue weighted by Crippen LogP contribution is 2.31. The highest BCUT2D eigenvalue weighted by molar-refractivity contribution is 7.99. The number of nitrogens with one attached hydrogen (secondary N) is 1. The summed E-state index contributed by atoms with van der Waals surface area (Å²) in [6.07, 6.45) is 5.53. The summed E-state index contributed by atoms with van der Waals surface area (Å²) >= 11 is 1.89. The predicted octanol–water partition coefficient (Wildman–Crippen LogP) is 3.37. The van der Waals surface area contributed by atoms with Crippen molar-refractivity contribution in [2.45, 2.75) is 17.7 Å². The first-order chi connectivity index (χ1) is 9.33. The normalized spacial score (nSPS) is 13.7. The van der Waals surface area contributed by atoms with Gasteiger partial charge in [-0.3, -0.25) is 9.78 Å². The lowest BCUT2D eigenvalue weighted by atomic mass is 10.1. The molecule has 0 unspecified atom stereocenters. The number of nitrogens with zero attached hydrogens (tertiary/aromatic N) is 1. The number of hydrogen-bond donors (Lipinski definition) is 1. The standard InChI is InChI=1S/C15H14N2OS/c18-15(12-3-1-7-16-10-12)17-13-5-6-14-11(9-13)4-2-8-19-14/h1,3,5-7,9-10H,2,4,8H2,(H,17,18). The maximum atomic E-state index is 12.0. The van der Waals surface area contributed by atoms with Crippen LogP contribution in [0.3, 0.4) is 0 Å². The molecule has 0 radical (unpaired) electrons. The number of aryl methyl sites for hydroxylation is 1. The molecule has 0 saturated heterocycles. The number of hydrogen-bond acceptors (Lipinski definition) is 3. The maximum absolute atomic E-state index is 12.0. The van der Waals surface area contributed by atoms with Crippen LogP contribution in [0.25, 0.3) is 0 Å². The van der Waals surface area contributed by atoms with Gasteiger partial charge in [0.15, 0.2) is 0 Å². The molecule has 0 fully saturated rings. The zero-order valence-corrected chi connectivity index (χ0v) is 11.2. The third-order valence-electron chi connectivity index (χ3n) is 3.09. The molecule has 3 rings (SSSR count). The van der Waals surface area contributed by atoms with Crippen LogP contribution >= 0.6 is 11.8 Å². The number of fused-ring (bicyclic) bond motifs is 1. The fraction of sp³-hybridized carbons (Fsp3) is 0.200. The van der Waals surface area contributed by atoms with E-state index in [1.807, 2.05) is 17.8 Å². The van der Waals surface area contributed by atoms with Crippen LogP contribution in [0.5, 0.6) is 0 Å².